The van der Waals surface area contributed by atoms with Gasteiger partial charge < -0.3 is 10.4 Å². The highest BCUT2D eigenvalue weighted by Gasteiger charge is 2.29. The van der Waals surface area contributed by atoms with Gasteiger partial charge in [-0.05, 0) is 38.5 Å². The molecule has 0 aliphatic heterocycles. The maximum Gasteiger partial charge on any atom is 0.404 e. The highest BCUT2D eigenvalue weighted by Crippen LogP contribution is 2.39. The molecule has 0 radical (unpaired) electrons. The fraction of sp³-hybridized carbons (Fsp3) is 0.750. The molecule has 2 aliphatic rings. The van der Waals surface area contributed by atoms with Gasteiger partial charge >= 0.3 is 6.09 Å². The van der Waals surface area contributed by atoms with E-state index in [0.29, 0.717) is 12.0 Å². The molecule has 1 aromatic rings. The molecule has 1 aromatic heterocycles. The van der Waals surface area contributed by atoms with Crippen LogP contribution in [0.15, 0.2) is 6.20 Å². The minimum absolute atomic E-state index is 0.102. The zero-order valence-corrected chi connectivity index (χ0v) is 10.2. The standard InChI is InChI=1S/C12H18N4O2/c17-12(18)13-9-3-5-10(6-4-9)16-7-11(14-15-16)8-1-2-8/h7-10,13H,1-6H2,(H,17,18)/t9-,10-. The Bertz CT molecular complexity index is 433. The number of aromatic nitrogens is 3. The van der Waals surface area contributed by atoms with E-state index in [-0.39, 0.29) is 6.04 Å². The molecule has 98 valence electrons. The van der Waals surface area contributed by atoms with E-state index >= 15 is 0 Å². The molecule has 6 heteroatoms. The summed E-state index contributed by atoms with van der Waals surface area (Å²) in [6, 6.07) is 0.488. The smallest absolute Gasteiger partial charge is 0.404 e. The van der Waals surface area contributed by atoms with E-state index < -0.39 is 6.09 Å². The fourth-order valence-electron chi connectivity index (χ4n) is 2.69. The molecule has 3 rings (SSSR count). The maximum atomic E-state index is 10.6. The number of rotatable bonds is 3. The number of amides is 1. The van der Waals surface area contributed by atoms with Crippen LogP contribution in [-0.4, -0.2) is 32.2 Å². The van der Waals surface area contributed by atoms with Crippen LogP contribution >= 0.6 is 0 Å². The van der Waals surface area contributed by atoms with Crippen LogP contribution in [0.5, 0.6) is 0 Å². The highest BCUT2D eigenvalue weighted by molar-refractivity contribution is 5.64. The summed E-state index contributed by atoms with van der Waals surface area (Å²) in [7, 11) is 0. The lowest BCUT2D eigenvalue weighted by molar-refractivity contribution is 0.181. The van der Waals surface area contributed by atoms with E-state index in [0.717, 1.165) is 31.4 Å². The summed E-state index contributed by atoms with van der Waals surface area (Å²) in [4.78, 5) is 10.6. The second-order valence-electron chi connectivity index (χ2n) is 5.35. The van der Waals surface area contributed by atoms with Crippen molar-refractivity contribution in [2.45, 2.75) is 56.5 Å². The fourth-order valence-corrected chi connectivity index (χ4v) is 2.69. The van der Waals surface area contributed by atoms with Gasteiger partial charge in [0, 0.05) is 18.2 Å². The summed E-state index contributed by atoms with van der Waals surface area (Å²) in [5, 5.41) is 19.7. The van der Waals surface area contributed by atoms with E-state index in [4.69, 9.17) is 5.11 Å². The second-order valence-corrected chi connectivity index (χ2v) is 5.35. The van der Waals surface area contributed by atoms with Crippen LogP contribution in [-0.2, 0) is 0 Å². The predicted molar refractivity (Wildman–Crippen MR) is 64.5 cm³/mol. The first-order valence-corrected chi connectivity index (χ1v) is 6.63. The predicted octanol–water partition coefficient (Wildman–Crippen LogP) is 1.91. The molecule has 0 bridgehead atoms. The van der Waals surface area contributed by atoms with Crippen LogP contribution < -0.4 is 5.32 Å². The number of hydrogen-bond donors (Lipinski definition) is 2. The summed E-state index contributed by atoms with van der Waals surface area (Å²) < 4.78 is 1.98. The number of carboxylic acid groups (broad SMARTS) is 1. The average molecular weight is 250 g/mol. The van der Waals surface area contributed by atoms with Crippen molar-refractivity contribution >= 4 is 6.09 Å². The third-order valence-corrected chi connectivity index (χ3v) is 3.92. The molecule has 0 saturated heterocycles. The van der Waals surface area contributed by atoms with Crippen LogP contribution in [0.25, 0.3) is 0 Å². The molecule has 2 aliphatic carbocycles. The van der Waals surface area contributed by atoms with Gasteiger partial charge in [-0.1, -0.05) is 5.21 Å². The van der Waals surface area contributed by atoms with E-state index in [9.17, 15) is 4.79 Å². The van der Waals surface area contributed by atoms with Gasteiger partial charge in [0.05, 0.1) is 11.7 Å². The molecular formula is C12H18N4O2. The molecule has 2 saturated carbocycles. The Morgan fingerprint density at radius 1 is 1.28 bits per heavy atom. The zero-order valence-electron chi connectivity index (χ0n) is 10.2. The zero-order chi connectivity index (χ0) is 12.5. The van der Waals surface area contributed by atoms with Crippen LogP contribution in [0.1, 0.15) is 56.2 Å². The van der Waals surface area contributed by atoms with Gasteiger partial charge in [0.2, 0.25) is 0 Å². The minimum Gasteiger partial charge on any atom is -0.465 e. The lowest BCUT2D eigenvalue weighted by Gasteiger charge is -2.28. The normalized spacial score (nSPS) is 28.0. The van der Waals surface area contributed by atoms with Gasteiger partial charge in [-0.2, -0.15) is 0 Å². The number of hydrogen-bond acceptors (Lipinski definition) is 3. The largest absolute Gasteiger partial charge is 0.465 e. The minimum atomic E-state index is -0.921. The lowest BCUT2D eigenvalue weighted by Crippen LogP contribution is -2.37. The first-order chi connectivity index (χ1) is 8.72. The van der Waals surface area contributed by atoms with Crippen LogP contribution in [0.4, 0.5) is 4.79 Å². The molecular weight excluding hydrogens is 232 g/mol. The van der Waals surface area contributed by atoms with Crippen molar-refractivity contribution in [1.29, 1.82) is 0 Å². The monoisotopic (exact) mass is 250 g/mol. The van der Waals surface area contributed by atoms with Gasteiger partial charge in [-0.3, -0.25) is 0 Å². The Morgan fingerprint density at radius 2 is 2.00 bits per heavy atom. The van der Waals surface area contributed by atoms with Crippen LogP contribution in [0, 0.1) is 0 Å². The third kappa shape index (κ3) is 2.47. The van der Waals surface area contributed by atoms with Gasteiger partial charge in [-0.15, -0.1) is 5.10 Å². The summed E-state index contributed by atoms with van der Waals surface area (Å²) in [5.74, 6) is 0.642. The topological polar surface area (TPSA) is 80.0 Å². The van der Waals surface area contributed by atoms with Crippen molar-refractivity contribution in [3.63, 3.8) is 0 Å². The first-order valence-electron chi connectivity index (χ1n) is 6.63. The lowest BCUT2D eigenvalue weighted by atomic mass is 9.91. The molecule has 2 N–H and O–H groups in total. The second kappa shape index (κ2) is 4.59. The van der Waals surface area contributed by atoms with Crippen molar-refractivity contribution < 1.29 is 9.90 Å². The Balaban J connectivity index is 1.56. The van der Waals surface area contributed by atoms with Crippen LogP contribution in [0.3, 0.4) is 0 Å². The van der Waals surface area contributed by atoms with Gasteiger partial charge in [0.1, 0.15) is 0 Å². The Hall–Kier alpha value is -1.59. The summed E-state index contributed by atoms with van der Waals surface area (Å²) in [6.07, 6.45) is 7.35. The van der Waals surface area contributed by atoms with Crippen molar-refractivity contribution in [3.05, 3.63) is 11.9 Å². The van der Waals surface area contributed by atoms with Crippen molar-refractivity contribution in [1.82, 2.24) is 20.3 Å². The van der Waals surface area contributed by atoms with Crippen molar-refractivity contribution in [3.8, 4) is 0 Å². The highest BCUT2D eigenvalue weighted by atomic mass is 16.4. The number of carbonyl (C=O) groups is 1. The first kappa shape index (κ1) is 11.5. The molecule has 0 spiro atoms. The van der Waals surface area contributed by atoms with E-state index in [1.54, 1.807) is 0 Å². The van der Waals surface area contributed by atoms with Crippen molar-refractivity contribution in [2.24, 2.45) is 0 Å². The molecule has 1 amide bonds. The number of nitrogens with zero attached hydrogens (tertiary/aromatic N) is 3. The molecule has 18 heavy (non-hydrogen) atoms. The summed E-state index contributed by atoms with van der Waals surface area (Å²) in [6.45, 7) is 0. The average Bonchev–Trinajstić information content (AvgIpc) is 3.08. The molecule has 1 heterocycles. The van der Waals surface area contributed by atoms with Crippen LogP contribution in [0.2, 0.25) is 0 Å². The van der Waals surface area contributed by atoms with Gasteiger partial charge in [-0.25, -0.2) is 9.48 Å². The van der Waals surface area contributed by atoms with E-state index in [2.05, 4.69) is 21.8 Å². The molecule has 2 fully saturated rings. The quantitative estimate of drug-likeness (QED) is 0.858. The van der Waals surface area contributed by atoms with Gasteiger partial charge in [0.15, 0.2) is 0 Å². The molecule has 0 unspecified atom stereocenters. The Morgan fingerprint density at radius 3 is 2.61 bits per heavy atom. The van der Waals surface area contributed by atoms with E-state index in [1.165, 1.54) is 12.8 Å². The SMILES string of the molecule is O=C(O)N[C@H]1CC[C@H](n2cc(C3CC3)nn2)CC1. The summed E-state index contributed by atoms with van der Waals surface area (Å²) >= 11 is 0. The Kier molecular flexibility index (Phi) is 2.93. The van der Waals surface area contributed by atoms with Gasteiger partial charge in [0.25, 0.3) is 0 Å². The molecule has 0 atom stereocenters. The van der Waals surface area contributed by atoms with E-state index in [1.807, 2.05) is 4.68 Å². The molecule has 0 aromatic carbocycles. The number of nitrogens with one attached hydrogen (secondary N) is 1. The Labute approximate surface area is 105 Å². The maximum absolute atomic E-state index is 10.6. The summed E-state index contributed by atoms with van der Waals surface area (Å²) in [5.41, 5.74) is 1.13. The molecule has 6 nitrogen and oxygen atoms in total. The third-order valence-electron chi connectivity index (χ3n) is 3.92. The van der Waals surface area contributed by atoms with Crippen molar-refractivity contribution in [2.75, 3.05) is 0 Å².